The van der Waals surface area contributed by atoms with E-state index in [2.05, 4.69) is 0 Å². The number of amides is 4. The molecule has 1 aromatic rings. The number of piperidine rings is 1. The fraction of sp³-hybridized carbons (Fsp3) is 0.571. The maximum atomic E-state index is 13.1. The van der Waals surface area contributed by atoms with Gasteiger partial charge in [-0.2, -0.15) is 0 Å². The van der Waals surface area contributed by atoms with E-state index in [-0.39, 0.29) is 18.0 Å². The number of carbonyl (C=O) groups excluding carboxylic acids is 3. The summed E-state index contributed by atoms with van der Waals surface area (Å²) in [6.45, 7) is 10.2. The fourth-order valence-corrected chi connectivity index (χ4v) is 3.87. The summed E-state index contributed by atoms with van der Waals surface area (Å²) in [6.07, 6.45) is 0.382. The van der Waals surface area contributed by atoms with Crippen molar-refractivity contribution >= 4 is 23.7 Å². The van der Waals surface area contributed by atoms with Crippen molar-refractivity contribution in [3.63, 3.8) is 0 Å². The Morgan fingerprint density at radius 2 is 1.68 bits per heavy atom. The molecule has 4 amide bonds. The van der Waals surface area contributed by atoms with E-state index in [0.717, 1.165) is 16.8 Å². The number of imide groups is 1. The van der Waals surface area contributed by atoms with Crippen molar-refractivity contribution in [1.29, 1.82) is 0 Å². The van der Waals surface area contributed by atoms with E-state index in [1.165, 1.54) is 11.9 Å². The number of hydrogen-bond acceptors (Lipinski definition) is 4. The van der Waals surface area contributed by atoms with Crippen molar-refractivity contribution in [2.75, 3.05) is 25.0 Å². The Labute approximate surface area is 166 Å². The number of ether oxygens (including phenoxy) is 1. The van der Waals surface area contributed by atoms with E-state index in [1.54, 1.807) is 9.80 Å². The Kier molecular flexibility index (Phi) is 4.89. The van der Waals surface area contributed by atoms with Gasteiger partial charge in [-0.15, -0.1) is 0 Å². The van der Waals surface area contributed by atoms with Gasteiger partial charge in [-0.1, -0.05) is 6.07 Å². The summed E-state index contributed by atoms with van der Waals surface area (Å²) >= 11 is 0. The van der Waals surface area contributed by atoms with Crippen LogP contribution in [-0.4, -0.2) is 59.1 Å². The number of urea groups is 1. The molecular formula is C21H29N3O4. The standard InChI is InChI=1S/C21H29N3O4/c1-14-7-8-16(13-15(14)2)24-18(26)22(6)17(25)21(24)9-11-23(12-10-21)19(27)28-20(3,4)5/h7-8,13H,9-12H2,1-6H3. The molecule has 7 heteroatoms. The van der Waals surface area contributed by atoms with Crippen molar-refractivity contribution in [3.8, 4) is 0 Å². The lowest BCUT2D eigenvalue weighted by Crippen LogP contribution is -2.58. The molecule has 0 unspecified atom stereocenters. The molecule has 152 valence electrons. The fourth-order valence-electron chi connectivity index (χ4n) is 3.87. The summed E-state index contributed by atoms with van der Waals surface area (Å²) in [5.74, 6) is -0.209. The molecule has 0 N–H and O–H groups in total. The first kappa shape index (κ1) is 20.2. The zero-order valence-corrected chi connectivity index (χ0v) is 17.5. The first-order valence-corrected chi connectivity index (χ1v) is 9.64. The zero-order chi connectivity index (χ0) is 20.9. The highest BCUT2D eigenvalue weighted by Gasteiger charge is 2.58. The van der Waals surface area contributed by atoms with Crippen LogP contribution in [0.3, 0.4) is 0 Å². The number of nitrogens with zero attached hydrogens (tertiary/aromatic N) is 3. The molecular weight excluding hydrogens is 358 g/mol. The van der Waals surface area contributed by atoms with Crippen LogP contribution in [0.15, 0.2) is 18.2 Å². The van der Waals surface area contributed by atoms with Crippen molar-refractivity contribution in [2.24, 2.45) is 0 Å². The van der Waals surface area contributed by atoms with E-state index >= 15 is 0 Å². The molecule has 28 heavy (non-hydrogen) atoms. The summed E-state index contributed by atoms with van der Waals surface area (Å²) in [7, 11) is 1.52. The Morgan fingerprint density at radius 1 is 1.07 bits per heavy atom. The molecule has 0 aliphatic carbocycles. The van der Waals surface area contributed by atoms with Crippen LogP contribution in [0.5, 0.6) is 0 Å². The van der Waals surface area contributed by atoms with E-state index in [4.69, 9.17) is 4.74 Å². The van der Waals surface area contributed by atoms with E-state index < -0.39 is 11.1 Å². The molecule has 0 bridgehead atoms. The number of carbonyl (C=O) groups is 3. The van der Waals surface area contributed by atoms with Crippen LogP contribution in [0.4, 0.5) is 15.3 Å². The molecule has 0 saturated carbocycles. The number of likely N-dealkylation sites (N-methyl/N-ethyl adjacent to an activating group) is 1. The summed E-state index contributed by atoms with van der Waals surface area (Å²) in [5, 5.41) is 0. The molecule has 2 saturated heterocycles. The van der Waals surface area contributed by atoms with Crippen LogP contribution in [0.1, 0.15) is 44.7 Å². The number of aryl methyl sites for hydroxylation is 2. The van der Waals surface area contributed by atoms with Gasteiger partial charge in [-0.3, -0.25) is 14.6 Å². The summed E-state index contributed by atoms with van der Waals surface area (Å²) < 4.78 is 5.45. The second kappa shape index (κ2) is 6.79. The molecule has 2 aliphatic heterocycles. The monoisotopic (exact) mass is 387 g/mol. The molecule has 7 nitrogen and oxygen atoms in total. The third kappa shape index (κ3) is 3.34. The highest BCUT2D eigenvalue weighted by molar-refractivity contribution is 6.16. The lowest BCUT2D eigenvalue weighted by atomic mass is 9.85. The number of anilines is 1. The molecule has 3 rings (SSSR count). The number of hydrogen-bond donors (Lipinski definition) is 0. The number of benzene rings is 1. The van der Waals surface area contributed by atoms with Gasteiger partial charge in [0, 0.05) is 25.8 Å². The number of rotatable bonds is 1. The molecule has 0 aromatic heterocycles. The van der Waals surface area contributed by atoms with Crippen molar-refractivity contribution in [2.45, 2.75) is 58.6 Å². The average Bonchev–Trinajstić information content (AvgIpc) is 2.78. The van der Waals surface area contributed by atoms with Crippen LogP contribution in [0.25, 0.3) is 0 Å². The maximum Gasteiger partial charge on any atom is 0.410 e. The summed E-state index contributed by atoms with van der Waals surface area (Å²) in [4.78, 5) is 42.8. The second-order valence-corrected chi connectivity index (χ2v) is 8.75. The third-order valence-electron chi connectivity index (χ3n) is 5.60. The van der Waals surface area contributed by atoms with Crippen LogP contribution >= 0.6 is 0 Å². The van der Waals surface area contributed by atoms with Crippen molar-refractivity contribution < 1.29 is 19.1 Å². The van der Waals surface area contributed by atoms with E-state index in [9.17, 15) is 14.4 Å². The third-order valence-corrected chi connectivity index (χ3v) is 5.60. The van der Waals surface area contributed by atoms with Crippen molar-refractivity contribution in [3.05, 3.63) is 29.3 Å². The Hall–Kier alpha value is -2.57. The minimum absolute atomic E-state index is 0.209. The van der Waals surface area contributed by atoms with Gasteiger partial charge in [0.1, 0.15) is 11.1 Å². The first-order chi connectivity index (χ1) is 13.0. The quantitative estimate of drug-likeness (QED) is 0.692. The molecule has 2 heterocycles. The van der Waals surface area contributed by atoms with Gasteiger partial charge in [0.2, 0.25) is 0 Å². The second-order valence-electron chi connectivity index (χ2n) is 8.75. The van der Waals surface area contributed by atoms with E-state index in [0.29, 0.717) is 25.9 Å². The van der Waals surface area contributed by atoms with Crippen LogP contribution in [0.2, 0.25) is 0 Å². The molecule has 1 aromatic carbocycles. The maximum absolute atomic E-state index is 13.1. The SMILES string of the molecule is Cc1ccc(N2C(=O)N(C)C(=O)C23CCN(C(=O)OC(C)(C)C)CC3)cc1C. The van der Waals surface area contributed by atoms with Gasteiger partial charge in [0.05, 0.1) is 0 Å². The van der Waals surface area contributed by atoms with Crippen molar-refractivity contribution in [1.82, 2.24) is 9.80 Å². The summed E-state index contributed by atoms with van der Waals surface area (Å²) in [6, 6.07) is 5.47. The zero-order valence-electron chi connectivity index (χ0n) is 17.5. The minimum atomic E-state index is -0.952. The lowest BCUT2D eigenvalue weighted by molar-refractivity contribution is -0.131. The normalized spacial score (nSPS) is 19.6. The van der Waals surface area contributed by atoms with Crippen LogP contribution in [-0.2, 0) is 9.53 Å². The molecule has 0 radical (unpaired) electrons. The molecule has 2 fully saturated rings. The summed E-state index contributed by atoms with van der Waals surface area (Å²) in [5.41, 5.74) is 1.39. The van der Waals surface area contributed by atoms with Gasteiger partial charge in [0.25, 0.3) is 5.91 Å². The highest BCUT2D eigenvalue weighted by atomic mass is 16.6. The number of likely N-dealkylation sites (tertiary alicyclic amines) is 1. The lowest BCUT2D eigenvalue weighted by Gasteiger charge is -2.42. The van der Waals surface area contributed by atoms with Crippen LogP contribution < -0.4 is 4.90 Å². The van der Waals surface area contributed by atoms with Gasteiger partial charge in [-0.05, 0) is 70.7 Å². The Bertz CT molecular complexity index is 819. The van der Waals surface area contributed by atoms with Crippen LogP contribution in [0, 0.1) is 13.8 Å². The Balaban J connectivity index is 1.88. The average molecular weight is 387 g/mol. The minimum Gasteiger partial charge on any atom is -0.444 e. The molecule has 1 spiro atoms. The predicted octanol–water partition coefficient (Wildman–Crippen LogP) is 3.47. The topological polar surface area (TPSA) is 70.2 Å². The predicted molar refractivity (Wildman–Crippen MR) is 106 cm³/mol. The first-order valence-electron chi connectivity index (χ1n) is 9.64. The molecule has 0 atom stereocenters. The highest BCUT2D eigenvalue weighted by Crippen LogP contribution is 2.40. The smallest absolute Gasteiger partial charge is 0.410 e. The van der Waals surface area contributed by atoms with Gasteiger partial charge >= 0.3 is 12.1 Å². The van der Waals surface area contributed by atoms with Gasteiger partial charge in [0.15, 0.2) is 0 Å². The molecule has 2 aliphatic rings. The van der Waals surface area contributed by atoms with Gasteiger partial charge < -0.3 is 9.64 Å². The van der Waals surface area contributed by atoms with E-state index in [1.807, 2.05) is 52.8 Å². The Morgan fingerprint density at radius 3 is 2.21 bits per heavy atom. The largest absolute Gasteiger partial charge is 0.444 e. The van der Waals surface area contributed by atoms with Gasteiger partial charge in [-0.25, -0.2) is 9.59 Å².